The maximum Gasteiger partial charge on any atom is 0.288 e. The Balaban J connectivity index is 1.51. The lowest BCUT2D eigenvalue weighted by molar-refractivity contribution is 0.533. The highest BCUT2D eigenvalue weighted by atomic mass is 19.1. The Labute approximate surface area is 149 Å². The highest BCUT2D eigenvalue weighted by Crippen LogP contribution is 2.35. The molecule has 4 heterocycles. The van der Waals surface area contributed by atoms with E-state index in [1.807, 2.05) is 16.7 Å². The molecule has 4 rings (SSSR count). The van der Waals surface area contributed by atoms with E-state index in [9.17, 15) is 13.6 Å². The van der Waals surface area contributed by atoms with Gasteiger partial charge in [0.25, 0.3) is 5.56 Å². The summed E-state index contributed by atoms with van der Waals surface area (Å²) >= 11 is 0. The van der Waals surface area contributed by atoms with E-state index in [2.05, 4.69) is 19.9 Å². The molecule has 0 spiro atoms. The third kappa shape index (κ3) is 2.71. The van der Waals surface area contributed by atoms with Crippen LogP contribution in [0.5, 0.6) is 0 Å². The van der Waals surface area contributed by atoms with Gasteiger partial charge in [-0.3, -0.25) is 9.78 Å². The van der Waals surface area contributed by atoms with Crippen LogP contribution in [0.1, 0.15) is 18.3 Å². The van der Waals surface area contributed by atoms with Gasteiger partial charge in [-0.15, -0.1) is 0 Å². The zero-order chi connectivity index (χ0) is 18.4. The van der Waals surface area contributed by atoms with Crippen LogP contribution in [0.4, 0.5) is 20.5 Å². The van der Waals surface area contributed by atoms with Crippen molar-refractivity contribution in [1.29, 1.82) is 0 Å². The number of anilines is 2. The molecule has 2 aliphatic rings. The molecule has 0 aliphatic carbocycles. The maximum atomic E-state index is 14.5. The van der Waals surface area contributed by atoms with Crippen LogP contribution in [-0.4, -0.2) is 46.1 Å². The molecule has 26 heavy (non-hydrogen) atoms. The number of rotatable bonds is 3. The number of aromatic amines is 1. The van der Waals surface area contributed by atoms with Gasteiger partial charge in [-0.2, -0.15) is 4.39 Å². The fraction of sp³-hybridized carbons (Fsp3) is 0.529. The SMILES string of the molecule is CCc1ncnc(N2CC3CN(c4nc(C)c(F)c(=O)[nH]4)CC3C2)c1F. The van der Waals surface area contributed by atoms with Crippen LogP contribution in [0.3, 0.4) is 0 Å². The lowest BCUT2D eigenvalue weighted by atomic mass is 10.0. The molecule has 2 atom stereocenters. The van der Waals surface area contributed by atoms with E-state index in [0.717, 1.165) is 0 Å². The molecule has 7 nitrogen and oxygen atoms in total. The van der Waals surface area contributed by atoms with E-state index in [0.29, 0.717) is 61.9 Å². The van der Waals surface area contributed by atoms with Gasteiger partial charge in [-0.05, 0) is 13.3 Å². The molecule has 138 valence electrons. The summed E-state index contributed by atoms with van der Waals surface area (Å²) in [5, 5.41) is 0. The Kier molecular flexibility index (Phi) is 4.08. The zero-order valence-corrected chi connectivity index (χ0v) is 14.7. The number of aryl methyl sites for hydroxylation is 2. The van der Waals surface area contributed by atoms with Gasteiger partial charge >= 0.3 is 0 Å². The molecular formula is C17H20F2N6O. The number of halogens is 2. The number of fused-ring (bicyclic) bond motifs is 1. The Morgan fingerprint density at radius 1 is 1.12 bits per heavy atom. The van der Waals surface area contributed by atoms with E-state index >= 15 is 0 Å². The first-order chi connectivity index (χ1) is 12.5. The van der Waals surface area contributed by atoms with E-state index in [-0.39, 0.29) is 11.5 Å². The van der Waals surface area contributed by atoms with E-state index in [1.54, 1.807) is 0 Å². The smallest absolute Gasteiger partial charge is 0.288 e. The fourth-order valence-corrected chi connectivity index (χ4v) is 3.91. The fourth-order valence-electron chi connectivity index (χ4n) is 3.91. The molecule has 2 saturated heterocycles. The van der Waals surface area contributed by atoms with Gasteiger partial charge in [0.15, 0.2) is 11.6 Å². The minimum Gasteiger partial charge on any atom is -0.353 e. The summed E-state index contributed by atoms with van der Waals surface area (Å²) in [6.07, 6.45) is 1.94. The number of nitrogens with zero attached hydrogens (tertiary/aromatic N) is 5. The van der Waals surface area contributed by atoms with Crippen LogP contribution in [0.25, 0.3) is 0 Å². The van der Waals surface area contributed by atoms with Gasteiger partial charge in [0.1, 0.15) is 6.33 Å². The van der Waals surface area contributed by atoms with E-state index in [1.165, 1.54) is 13.3 Å². The van der Waals surface area contributed by atoms with Gasteiger partial charge in [0.2, 0.25) is 11.8 Å². The summed E-state index contributed by atoms with van der Waals surface area (Å²) in [6, 6.07) is 0. The predicted octanol–water partition coefficient (Wildman–Crippen LogP) is 1.28. The lowest BCUT2D eigenvalue weighted by Gasteiger charge is -2.23. The Morgan fingerprint density at radius 2 is 1.77 bits per heavy atom. The largest absolute Gasteiger partial charge is 0.353 e. The highest BCUT2D eigenvalue weighted by molar-refractivity contribution is 5.44. The topological polar surface area (TPSA) is 78.0 Å². The molecule has 0 saturated carbocycles. The van der Waals surface area contributed by atoms with E-state index < -0.39 is 11.4 Å². The van der Waals surface area contributed by atoms with Crippen molar-refractivity contribution in [1.82, 2.24) is 19.9 Å². The second-order valence-corrected chi connectivity index (χ2v) is 6.93. The van der Waals surface area contributed by atoms with Crippen molar-refractivity contribution in [3.8, 4) is 0 Å². The molecule has 2 fully saturated rings. The molecular weight excluding hydrogens is 342 g/mol. The number of H-pyrrole nitrogens is 1. The van der Waals surface area contributed by atoms with Gasteiger partial charge in [0, 0.05) is 38.0 Å². The summed E-state index contributed by atoms with van der Waals surface area (Å²) in [5.74, 6) is 0.200. The van der Waals surface area contributed by atoms with Gasteiger partial charge in [0.05, 0.1) is 11.4 Å². The van der Waals surface area contributed by atoms with Gasteiger partial charge < -0.3 is 9.80 Å². The Morgan fingerprint density at radius 3 is 2.38 bits per heavy atom. The maximum absolute atomic E-state index is 14.5. The number of aromatic nitrogens is 4. The van der Waals surface area contributed by atoms with Crippen molar-refractivity contribution >= 4 is 11.8 Å². The number of nitrogens with one attached hydrogen (secondary N) is 1. The standard InChI is InChI=1S/C17H20F2N6O/c1-3-12-14(19)15(21-8-20-12)24-4-10-6-25(7-11(10)5-24)17-22-9(2)13(18)16(26)23-17/h8,10-11H,3-7H2,1-2H3,(H,22,23,26). The average molecular weight is 362 g/mol. The van der Waals surface area contributed by atoms with Crippen LogP contribution < -0.4 is 15.4 Å². The lowest BCUT2D eigenvalue weighted by Crippen LogP contribution is -2.32. The van der Waals surface area contributed by atoms with Crippen LogP contribution in [0.2, 0.25) is 0 Å². The first kappa shape index (κ1) is 16.9. The van der Waals surface area contributed by atoms with Gasteiger partial charge in [-0.25, -0.2) is 19.3 Å². The quantitative estimate of drug-likeness (QED) is 0.886. The zero-order valence-electron chi connectivity index (χ0n) is 14.7. The number of hydrogen-bond acceptors (Lipinski definition) is 6. The highest BCUT2D eigenvalue weighted by Gasteiger charge is 2.42. The third-order valence-corrected chi connectivity index (χ3v) is 5.28. The van der Waals surface area contributed by atoms with Crippen molar-refractivity contribution in [3.63, 3.8) is 0 Å². The van der Waals surface area contributed by atoms with Gasteiger partial charge in [-0.1, -0.05) is 6.92 Å². The minimum atomic E-state index is -0.842. The van der Waals surface area contributed by atoms with Crippen LogP contribution >= 0.6 is 0 Å². The predicted molar refractivity (Wildman–Crippen MR) is 92.3 cm³/mol. The molecule has 0 radical (unpaired) electrons. The molecule has 1 N–H and O–H groups in total. The monoisotopic (exact) mass is 362 g/mol. The summed E-state index contributed by atoms with van der Waals surface area (Å²) < 4.78 is 28.0. The summed E-state index contributed by atoms with van der Waals surface area (Å²) in [6.45, 7) is 6.08. The van der Waals surface area contributed by atoms with Crippen molar-refractivity contribution < 1.29 is 8.78 Å². The molecule has 2 aliphatic heterocycles. The molecule has 9 heteroatoms. The van der Waals surface area contributed by atoms with Crippen molar-refractivity contribution in [2.75, 3.05) is 36.0 Å². The summed E-state index contributed by atoms with van der Waals surface area (Å²) in [7, 11) is 0. The van der Waals surface area contributed by atoms with Crippen molar-refractivity contribution in [2.45, 2.75) is 20.3 Å². The summed E-state index contributed by atoms with van der Waals surface area (Å²) in [4.78, 5) is 30.3. The van der Waals surface area contributed by atoms with Crippen molar-refractivity contribution in [2.24, 2.45) is 11.8 Å². The second kappa shape index (κ2) is 6.30. The van der Waals surface area contributed by atoms with Crippen LogP contribution in [0.15, 0.2) is 11.1 Å². The third-order valence-electron chi connectivity index (χ3n) is 5.28. The summed E-state index contributed by atoms with van der Waals surface area (Å²) in [5.41, 5.74) is -0.226. The average Bonchev–Trinajstić information content (AvgIpc) is 3.18. The first-order valence-electron chi connectivity index (χ1n) is 8.73. The normalized spacial score (nSPS) is 22.2. The first-order valence-corrected chi connectivity index (χ1v) is 8.73. The van der Waals surface area contributed by atoms with Crippen LogP contribution in [-0.2, 0) is 6.42 Å². The van der Waals surface area contributed by atoms with Crippen molar-refractivity contribution in [3.05, 3.63) is 39.7 Å². The van der Waals surface area contributed by atoms with E-state index in [4.69, 9.17) is 0 Å². The Bertz CT molecular complexity index is 887. The molecule has 2 aromatic heterocycles. The molecule has 0 amide bonds. The second-order valence-electron chi connectivity index (χ2n) is 6.93. The molecule has 2 unspecified atom stereocenters. The van der Waals surface area contributed by atoms with Crippen LogP contribution in [0, 0.1) is 30.4 Å². The number of hydrogen-bond donors (Lipinski definition) is 1. The molecule has 2 aromatic rings. The molecule has 0 bridgehead atoms. The molecule has 0 aromatic carbocycles. The Hall–Kier alpha value is -2.58. The minimum absolute atomic E-state index is 0.0950.